The molecular weight excluding hydrogens is 247 g/mol. The minimum absolute atomic E-state index is 0.0822. The van der Waals surface area contributed by atoms with Crippen molar-refractivity contribution in [1.29, 1.82) is 0 Å². The highest BCUT2D eigenvalue weighted by Gasteiger charge is 2.40. The molecule has 100 valence electrons. The molecule has 0 N–H and O–H groups in total. The van der Waals surface area contributed by atoms with E-state index >= 15 is 0 Å². The highest BCUT2D eigenvalue weighted by Crippen LogP contribution is 2.62. The van der Waals surface area contributed by atoms with Crippen LogP contribution >= 0.6 is 7.60 Å². The molecule has 1 aliphatic carbocycles. The largest absolute Gasteiger partial charge is 0.369 e. The number of rotatable bonds is 2. The first-order valence-electron chi connectivity index (χ1n) is 6.46. The van der Waals surface area contributed by atoms with Gasteiger partial charge < -0.3 is 9.05 Å². The van der Waals surface area contributed by atoms with Crippen molar-refractivity contribution >= 4 is 7.60 Å². The Morgan fingerprint density at radius 2 is 2.06 bits per heavy atom. The van der Waals surface area contributed by atoms with Gasteiger partial charge in [-0.3, -0.25) is 4.57 Å². The lowest BCUT2D eigenvalue weighted by molar-refractivity contribution is 0.0447. The molecule has 0 saturated carbocycles. The van der Waals surface area contributed by atoms with Gasteiger partial charge in [0.2, 0.25) is 0 Å². The third-order valence-corrected chi connectivity index (χ3v) is 5.22. The summed E-state index contributed by atoms with van der Waals surface area (Å²) in [6.07, 6.45) is 6.35. The molecule has 0 aromatic carbocycles. The molecule has 1 aliphatic heterocycles. The smallest absolute Gasteiger partial charge is 0.304 e. The first-order chi connectivity index (χ1) is 8.47. The molecular formula is C14H21O3P. The van der Waals surface area contributed by atoms with E-state index in [9.17, 15) is 4.57 Å². The van der Waals surface area contributed by atoms with Crippen LogP contribution in [0.5, 0.6) is 0 Å². The lowest BCUT2D eigenvalue weighted by atomic mass is 9.97. The number of hydrogen-bond acceptors (Lipinski definition) is 3. The van der Waals surface area contributed by atoms with Gasteiger partial charge in [-0.05, 0) is 31.3 Å². The van der Waals surface area contributed by atoms with Crippen molar-refractivity contribution in [3.8, 4) is 0 Å². The highest BCUT2D eigenvalue weighted by atomic mass is 31.2. The van der Waals surface area contributed by atoms with E-state index in [1.807, 2.05) is 13.8 Å². The van der Waals surface area contributed by atoms with Gasteiger partial charge in [-0.25, -0.2) is 0 Å². The molecule has 0 bridgehead atoms. The van der Waals surface area contributed by atoms with Gasteiger partial charge in [0.05, 0.1) is 13.2 Å². The van der Waals surface area contributed by atoms with Gasteiger partial charge in [0.1, 0.15) is 5.31 Å². The van der Waals surface area contributed by atoms with Gasteiger partial charge in [0, 0.05) is 5.41 Å². The highest BCUT2D eigenvalue weighted by molar-refractivity contribution is 7.58. The van der Waals surface area contributed by atoms with E-state index in [4.69, 9.17) is 9.05 Å². The summed E-state index contributed by atoms with van der Waals surface area (Å²) in [5.74, 6) is 0. The van der Waals surface area contributed by atoms with Crippen LogP contribution in [0.1, 0.15) is 39.5 Å². The van der Waals surface area contributed by atoms with Crippen LogP contribution in [0.3, 0.4) is 0 Å². The number of allylic oxidation sites excluding steroid dienone is 3. The summed E-state index contributed by atoms with van der Waals surface area (Å²) < 4.78 is 23.8. The van der Waals surface area contributed by atoms with Crippen LogP contribution in [0, 0.1) is 5.41 Å². The minimum atomic E-state index is -3.20. The average Bonchev–Trinajstić information content (AvgIpc) is 2.36. The Kier molecular flexibility index (Phi) is 3.99. The monoisotopic (exact) mass is 268 g/mol. The molecule has 0 aromatic heterocycles. The van der Waals surface area contributed by atoms with Crippen LogP contribution in [0.2, 0.25) is 0 Å². The maximum absolute atomic E-state index is 12.7. The van der Waals surface area contributed by atoms with E-state index in [0.29, 0.717) is 18.5 Å². The van der Waals surface area contributed by atoms with Gasteiger partial charge in [-0.2, -0.15) is 0 Å². The van der Waals surface area contributed by atoms with Gasteiger partial charge in [0.25, 0.3) is 0 Å². The Hall–Kier alpha value is -0.590. The first-order valence-corrected chi connectivity index (χ1v) is 8.00. The Morgan fingerprint density at radius 3 is 2.56 bits per heavy atom. The average molecular weight is 268 g/mol. The summed E-state index contributed by atoms with van der Waals surface area (Å²) in [5.41, 5.74) is 3.75. The Labute approximate surface area is 109 Å². The number of hydrogen-bond donors (Lipinski definition) is 0. The van der Waals surface area contributed by atoms with Crippen molar-refractivity contribution in [3.63, 3.8) is 0 Å². The van der Waals surface area contributed by atoms with Gasteiger partial charge in [-0.1, -0.05) is 26.5 Å². The third-order valence-electron chi connectivity index (χ3n) is 3.29. The first kappa shape index (κ1) is 13.8. The van der Waals surface area contributed by atoms with Crippen LogP contribution in [-0.2, 0) is 13.6 Å². The third kappa shape index (κ3) is 2.87. The van der Waals surface area contributed by atoms with Crippen molar-refractivity contribution in [1.82, 2.24) is 0 Å². The molecule has 0 radical (unpaired) electrons. The summed E-state index contributed by atoms with van der Waals surface area (Å²) in [7, 11) is -3.20. The predicted octanol–water partition coefficient (Wildman–Crippen LogP) is 4.42. The fourth-order valence-corrected chi connectivity index (χ4v) is 4.29. The molecule has 2 rings (SSSR count). The van der Waals surface area contributed by atoms with Crippen LogP contribution in [0.25, 0.3) is 0 Å². The molecule has 4 heteroatoms. The minimum Gasteiger partial charge on any atom is -0.304 e. The molecule has 1 heterocycles. The van der Waals surface area contributed by atoms with E-state index in [2.05, 4.69) is 18.4 Å². The summed E-state index contributed by atoms with van der Waals surface area (Å²) >= 11 is 0. The van der Waals surface area contributed by atoms with Gasteiger partial charge >= 0.3 is 7.60 Å². The van der Waals surface area contributed by atoms with Gasteiger partial charge in [-0.15, -0.1) is 5.73 Å². The molecule has 0 aromatic rings. The molecule has 1 saturated heterocycles. The fourth-order valence-electron chi connectivity index (χ4n) is 2.17. The van der Waals surface area contributed by atoms with E-state index in [0.717, 1.165) is 24.8 Å². The molecule has 18 heavy (non-hydrogen) atoms. The molecule has 3 nitrogen and oxygen atoms in total. The molecule has 0 atom stereocenters. The Morgan fingerprint density at radius 1 is 1.39 bits per heavy atom. The second-order valence-corrected chi connectivity index (χ2v) is 7.67. The van der Waals surface area contributed by atoms with Crippen molar-refractivity contribution in [2.45, 2.75) is 39.5 Å². The zero-order valence-electron chi connectivity index (χ0n) is 11.2. The maximum atomic E-state index is 12.7. The summed E-state index contributed by atoms with van der Waals surface area (Å²) in [6, 6.07) is 0. The maximum Gasteiger partial charge on any atom is 0.369 e. The second kappa shape index (κ2) is 5.19. The van der Waals surface area contributed by atoms with E-state index < -0.39 is 7.60 Å². The van der Waals surface area contributed by atoms with Crippen LogP contribution in [0.4, 0.5) is 0 Å². The van der Waals surface area contributed by atoms with Crippen molar-refractivity contribution in [3.05, 3.63) is 29.3 Å². The Balaban J connectivity index is 2.21. The van der Waals surface area contributed by atoms with E-state index in [-0.39, 0.29) is 5.41 Å². The summed E-state index contributed by atoms with van der Waals surface area (Å²) in [6.45, 7) is 8.62. The zero-order chi connectivity index (χ0) is 13.2. The lowest BCUT2D eigenvalue weighted by Gasteiger charge is -2.35. The van der Waals surface area contributed by atoms with E-state index in [1.165, 1.54) is 6.42 Å². The molecule has 2 aliphatic rings. The quantitative estimate of drug-likeness (QED) is 0.549. The Bertz CT molecular complexity index is 442. The predicted molar refractivity (Wildman–Crippen MR) is 72.5 cm³/mol. The van der Waals surface area contributed by atoms with Crippen LogP contribution in [-0.4, -0.2) is 13.2 Å². The van der Waals surface area contributed by atoms with Crippen molar-refractivity contribution < 1.29 is 13.6 Å². The topological polar surface area (TPSA) is 35.5 Å². The van der Waals surface area contributed by atoms with Gasteiger partial charge in [0.15, 0.2) is 0 Å². The fraction of sp³-hybridized carbons (Fsp3) is 0.643. The second-order valence-electron chi connectivity index (χ2n) is 5.71. The summed E-state index contributed by atoms with van der Waals surface area (Å²) in [4.78, 5) is 0. The van der Waals surface area contributed by atoms with Crippen molar-refractivity contribution in [2.75, 3.05) is 13.2 Å². The van der Waals surface area contributed by atoms with Crippen LogP contribution in [0.15, 0.2) is 29.3 Å². The standard InChI is InChI=1S/C14H21O3P/c1-4-13(12-8-6-5-7-9-12)18(15)16-10-14(2,3)11-17-18/h8H,1,5-7,9-11H2,2-3H3. The molecule has 1 fully saturated rings. The molecule has 0 amide bonds. The van der Waals surface area contributed by atoms with Crippen LogP contribution < -0.4 is 0 Å². The van der Waals surface area contributed by atoms with E-state index in [1.54, 1.807) is 0 Å². The van der Waals surface area contributed by atoms with Crippen molar-refractivity contribution in [2.24, 2.45) is 5.41 Å². The SMILES string of the molecule is C=C=C(C1=CCCCC1)P1(=O)OCC(C)(C)CO1. The summed E-state index contributed by atoms with van der Waals surface area (Å²) in [5, 5.41) is 0.553. The zero-order valence-corrected chi connectivity index (χ0v) is 12.1. The normalized spacial score (nSPS) is 26.0. The molecule has 0 unspecified atom stereocenters. The molecule has 0 spiro atoms. The lowest BCUT2D eigenvalue weighted by Crippen LogP contribution is -2.29.